The Morgan fingerprint density at radius 3 is 2.83 bits per heavy atom. The van der Waals surface area contributed by atoms with E-state index in [4.69, 9.17) is 4.84 Å². The molecule has 3 aromatic rings. The van der Waals surface area contributed by atoms with Crippen LogP contribution < -0.4 is 5.32 Å². The molecule has 2 aromatic heterocycles. The molecule has 1 amide bonds. The number of hydrogen-bond acceptors (Lipinski definition) is 6. The molecular formula is C17H13N3O2S2. The van der Waals surface area contributed by atoms with E-state index in [0.717, 1.165) is 16.1 Å². The molecule has 120 valence electrons. The van der Waals surface area contributed by atoms with Crippen molar-refractivity contribution >= 4 is 39.4 Å². The normalized spacial score (nSPS) is 16.5. The van der Waals surface area contributed by atoms with Crippen molar-refractivity contribution in [3.8, 4) is 10.6 Å². The average Bonchev–Trinajstić information content (AvgIpc) is 3.36. The van der Waals surface area contributed by atoms with Gasteiger partial charge in [0.2, 0.25) is 0 Å². The van der Waals surface area contributed by atoms with Crippen molar-refractivity contribution in [3.63, 3.8) is 0 Å². The summed E-state index contributed by atoms with van der Waals surface area (Å²) in [6.45, 7) is 0. The molecule has 1 atom stereocenters. The molecule has 0 bridgehead atoms. The lowest BCUT2D eigenvalue weighted by molar-refractivity contribution is -0.110. The van der Waals surface area contributed by atoms with E-state index in [1.165, 1.54) is 11.3 Å². The van der Waals surface area contributed by atoms with Gasteiger partial charge in [-0.2, -0.15) is 0 Å². The van der Waals surface area contributed by atoms with Crippen LogP contribution in [0.3, 0.4) is 0 Å². The summed E-state index contributed by atoms with van der Waals surface area (Å²) in [6, 6.07) is 13.7. The topological polar surface area (TPSA) is 63.6 Å². The largest absolute Gasteiger partial charge is 0.387 e. The highest BCUT2D eigenvalue weighted by Crippen LogP contribution is 2.30. The SMILES string of the molecule is O=C(Nc1nc(-c2cccs2)cs1)C1=NOC(c2ccccc2)C1. The van der Waals surface area contributed by atoms with E-state index in [2.05, 4.69) is 15.5 Å². The van der Waals surface area contributed by atoms with Gasteiger partial charge >= 0.3 is 0 Å². The lowest BCUT2D eigenvalue weighted by Gasteiger charge is -2.07. The predicted octanol–water partition coefficient (Wildman–Crippen LogP) is 4.33. The van der Waals surface area contributed by atoms with Gasteiger partial charge in [-0.25, -0.2) is 4.98 Å². The number of nitrogens with one attached hydrogen (secondary N) is 1. The standard InChI is InChI=1S/C17H13N3O2S2/c21-16(12-9-14(22-20-12)11-5-2-1-3-6-11)19-17-18-13(10-24-17)15-7-4-8-23-15/h1-8,10,14H,9H2,(H,18,19,21). The van der Waals surface area contributed by atoms with Gasteiger partial charge in [-0.1, -0.05) is 41.6 Å². The van der Waals surface area contributed by atoms with E-state index in [1.807, 2.05) is 53.2 Å². The molecule has 1 aliphatic heterocycles. The second-order valence-electron chi connectivity index (χ2n) is 5.22. The lowest BCUT2D eigenvalue weighted by atomic mass is 10.0. The molecule has 0 aliphatic carbocycles. The zero-order valence-electron chi connectivity index (χ0n) is 12.5. The van der Waals surface area contributed by atoms with Gasteiger partial charge in [0.25, 0.3) is 5.91 Å². The predicted molar refractivity (Wildman–Crippen MR) is 96.4 cm³/mol. The number of amides is 1. The molecular weight excluding hydrogens is 342 g/mol. The Morgan fingerprint density at radius 1 is 1.17 bits per heavy atom. The lowest BCUT2D eigenvalue weighted by Crippen LogP contribution is -2.21. The number of anilines is 1. The molecule has 1 aliphatic rings. The van der Waals surface area contributed by atoms with E-state index < -0.39 is 0 Å². The van der Waals surface area contributed by atoms with Gasteiger partial charge < -0.3 is 4.84 Å². The third kappa shape index (κ3) is 3.08. The second kappa shape index (κ2) is 6.54. The number of carbonyl (C=O) groups excluding carboxylic acids is 1. The number of rotatable bonds is 4. The summed E-state index contributed by atoms with van der Waals surface area (Å²) in [7, 11) is 0. The molecule has 1 unspecified atom stereocenters. The van der Waals surface area contributed by atoms with Crippen molar-refractivity contribution in [1.29, 1.82) is 0 Å². The van der Waals surface area contributed by atoms with E-state index in [-0.39, 0.29) is 12.0 Å². The summed E-state index contributed by atoms with van der Waals surface area (Å²) in [5.41, 5.74) is 2.27. The number of thiophene rings is 1. The second-order valence-corrected chi connectivity index (χ2v) is 7.02. The highest BCUT2D eigenvalue weighted by molar-refractivity contribution is 7.16. The Labute approximate surface area is 146 Å². The molecule has 0 saturated heterocycles. The zero-order valence-corrected chi connectivity index (χ0v) is 14.1. The summed E-state index contributed by atoms with van der Waals surface area (Å²) in [6.07, 6.45) is 0.254. The van der Waals surface area contributed by atoms with Crippen molar-refractivity contribution in [3.05, 3.63) is 58.8 Å². The number of aromatic nitrogens is 1. The first-order valence-electron chi connectivity index (χ1n) is 7.38. The molecule has 0 fully saturated rings. The molecule has 5 nitrogen and oxygen atoms in total. The molecule has 7 heteroatoms. The third-order valence-electron chi connectivity index (χ3n) is 3.60. The van der Waals surface area contributed by atoms with Crippen molar-refractivity contribution in [2.45, 2.75) is 12.5 Å². The fraction of sp³-hybridized carbons (Fsp3) is 0.118. The fourth-order valence-electron chi connectivity index (χ4n) is 2.40. The summed E-state index contributed by atoms with van der Waals surface area (Å²) in [5, 5.41) is 11.2. The molecule has 3 heterocycles. The molecule has 0 spiro atoms. The van der Waals surface area contributed by atoms with E-state index in [9.17, 15) is 4.79 Å². The van der Waals surface area contributed by atoms with Gasteiger partial charge in [-0.3, -0.25) is 10.1 Å². The van der Waals surface area contributed by atoms with Crippen molar-refractivity contribution in [1.82, 2.24) is 4.98 Å². The van der Waals surface area contributed by atoms with Crippen LogP contribution in [0.2, 0.25) is 0 Å². The van der Waals surface area contributed by atoms with Gasteiger partial charge in [0.1, 0.15) is 5.71 Å². The van der Waals surface area contributed by atoms with Crippen LogP contribution >= 0.6 is 22.7 Å². The smallest absolute Gasteiger partial charge is 0.275 e. The summed E-state index contributed by atoms with van der Waals surface area (Å²) < 4.78 is 0. The van der Waals surface area contributed by atoms with Crippen LogP contribution in [0, 0.1) is 0 Å². The molecule has 1 N–H and O–H groups in total. The maximum Gasteiger partial charge on any atom is 0.275 e. The maximum absolute atomic E-state index is 12.3. The first-order valence-corrected chi connectivity index (χ1v) is 9.14. The Kier molecular flexibility index (Phi) is 4.10. The van der Waals surface area contributed by atoms with E-state index in [0.29, 0.717) is 17.3 Å². The van der Waals surface area contributed by atoms with Gasteiger partial charge in [-0.05, 0) is 17.0 Å². The molecule has 1 aromatic carbocycles. The summed E-state index contributed by atoms with van der Waals surface area (Å²) >= 11 is 3.02. The highest BCUT2D eigenvalue weighted by Gasteiger charge is 2.27. The Hall–Kier alpha value is -2.51. The summed E-state index contributed by atoms with van der Waals surface area (Å²) in [4.78, 5) is 23.2. The van der Waals surface area contributed by atoms with Crippen LogP contribution in [0.25, 0.3) is 10.6 Å². The van der Waals surface area contributed by atoms with Crippen molar-refractivity contribution in [2.75, 3.05) is 5.32 Å². The van der Waals surface area contributed by atoms with Gasteiger partial charge in [0.15, 0.2) is 11.2 Å². The minimum atomic E-state index is -0.263. The number of benzene rings is 1. The van der Waals surface area contributed by atoms with Crippen LogP contribution in [0.1, 0.15) is 18.1 Å². The maximum atomic E-state index is 12.3. The van der Waals surface area contributed by atoms with Crippen molar-refractivity contribution in [2.24, 2.45) is 5.16 Å². The fourth-order valence-corrected chi connectivity index (χ4v) is 3.86. The molecule has 0 radical (unpaired) electrons. The number of oxime groups is 1. The number of carbonyl (C=O) groups is 1. The van der Waals surface area contributed by atoms with Crippen LogP contribution in [0.15, 0.2) is 58.4 Å². The third-order valence-corrected chi connectivity index (χ3v) is 5.25. The van der Waals surface area contributed by atoms with Gasteiger partial charge in [0, 0.05) is 11.8 Å². The first kappa shape index (κ1) is 15.0. The Bertz CT molecular complexity index is 872. The highest BCUT2D eigenvalue weighted by atomic mass is 32.1. The molecule has 24 heavy (non-hydrogen) atoms. The molecule has 0 saturated carbocycles. The van der Waals surface area contributed by atoms with Crippen molar-refractivity contribution < 1.29 is 9.63 Å². The van der Waals surface area contributed by atoms with Crippen LogP contribution in [0.5, 0.6) is 0 Å². The number of nitrogens with zero attached hydrogens (tertiary/aromatic N) is 2. The number of thiazole rings is 1. The minimum Gasteiger partial charge on any atom is -0.387 e. The average molecular weight is 355 g/mol. The van der Waals surface area contributed by atoms with Crippen LogP contribution in [-0.4, -0.2) is 16.6 Å². The Morgan fingerprint density at radius 2 is 2.04 bits per heavy atom. The first-order chi connectivity index (χ1) is 11.8. The minimum absolute atomic E-state index is 0.204. The molecule has 4 rings (SSSR count). The van der Waals surface area contributed by atoms with Gasteiger partial charge in [0.05, 0.1) is 10.6 Å². The Balaban J connectivity index is 1.40. The van der Waals surface area contributed by atoms with Crippen LogP contribution in [0.4, 0.5) is 5.13 Å². The number of hydrogen-bond donors (Lipinski definition) is 1. The zero-order chi connectivity index (χ0) is 16.4. The van der Waals surface area contributed by atoms with E-state index in [1.54, 1.807) is 11.3 Å². The van der Waals surface area contributed by atoms with Crippen LogP contribution in [-0.2, 0) is 9.63 Å². The monoisotopic (exact) mass is 355 g/mol. The van der Waals surface area contributed by atoms with E-state index >= 15 is 0 Å². The summed E-state index contributed by atoms with van der Waals surface area (Å²) in [5.74, 6) is -0.263. The quantitative estimate of drug-likeness (QED) is 0.758. The van der Waals surface area contributed by atoms with Gasteiger partial charge in [-0.15, -0.1) is 22.7 Å².